The number of carbonyl (C=O) groups is 1. The average molecular weight is 424 g/mol. The number of sulfonamides is 1. The standard InChI is InChI=1S/C22H20N2O5S/c25-20-14-24(12-16-8-4-5-9-18(16)15-6-2-1-3-7-15)13-19(21(20)26)22(27)23-30(28,29)17-10-11-17/h1-9,13-14,17,25H,10-12H2,(H,23,27). The molecular weight excluding hydrogens is 404 g/mol. The highest BCUT2D eigenvalue weighted by atomic mass is 32.2. The van der Waals surface area contributed by atoms with E-state index in [-0.39, 0.29) is 6.54 Å². The summed E-state index contributed by atoms with van der Waals surface area (Å²) >= 11 is 0. The molecule has 1 amide bonds. The first-order chi connectivity index (χ1) is 14.3. The van der Waals surface area contributed by atoms with Gasteiger partial charge in [-0.25, -0.2) is 13.1 Å². The highest BCUT2D eigenvalue weighted by molar-refractivity contribution is 7.91. The minimum atomic E-state index is -3.81. The first-order valence-electron chi connectivity index (χ1n) is 9.47. The number of hydrogen-bond acceptors (Lipinski definition) is 5. The van der Waals surface area contributed by atoms with Crippen LogP contribution >= 0.6 is 0 Å². The normalized spacial score (nSPS) is 13.7. The molecule has 1 aliphatic rings. The number of rotatable bonds is 6. The average Bonchev–Trinajstić information content (AvgIpc) is 3.57. The Morgan fingerprint density at radius 3 is 2.40 bits per heavy atom. The van der Waals surface area contributed by atoms with Crippen LogP contribution in [0.2, 0.25) is 0 Å². The van der Waals surface area contributed by atoms with Crippen molar-refractivity contribution in [1.82, 2.24) is 9.29 Å². The third-order valence-electron chi connectivity index (χ3n) is 4.96. The molecule has 0 atom stereocenters. The van der Waals surface area contributed by atoms with Gasteiger partial charge in [0.15, 0.2) is 5.75 Å². The summed E-state index contributed by atoms with van der Waals surface area (Å²) in [6.45, 7) is 0.272. The number of nitrogens with zero attached hydrogens (tertiary/aromatic N) is 1. The number of benzene rings is 2. The molecule has 2 N–H and O–H groups in total. The fraction of sp³-hybridized carbons (Fsp3) is 0.182. The summed E-state index contributed by atoms with van der Waals surface area (Å²) < 4.78 is 27.5. The van der Waals surface area contributed by atoms with Crippen molar-refractivity contribution >= 4 is 15.9 Å². The van der Waals surface area contributed by atoms with E-state index >= 15 is 0 Å². The van der Waals surface area contributed by atoms with E-state index in [0.717, 1.165) is 16.7 Å². The van der Waals surface area contributed by atoms with Crippen LogP contribution in [0.5, 0.6) is 5.75 Å². The SMILES string of the molecule is O=C(NS(=O)(=O)C1CC1)c1cn(Cc2ccccc2-c2ccccc2)cc(O)c1=O. The van der Waals surface area contributed by atoms with Gasteiger partial charge in [-0.05, 0) is 29.5 Å². The Bertz CT molecular complexity index is 1260. The summed E-state index contributed by atoms with van der Waals surface area (Å²) in [7, 11) is -3.81. The summed E-state index contributed by atoms with van der Waals surface area (Å²) in [5, 5.41) is 9.45. The number of aromatic hydroxyl groups is 1. The van der Waals surface area contributed by atoms with Gasteiger partial charge < -0.3 is 9.67 Å². The Hall–Kier alpha value is -3.39. The van der Waals surface area contributed by atoms with Gasteiger partial charge in [0.2, 0.25) is 15.5 Å². The van der Waals surface area contributed by atoms with Crippen LogP contribution in [-0.2, 0) is 16.6 Å². The molecular formula is C22H20N2O5S. The van der Waals surface area contributed by atoms with Crippen LogP contribution in [0.15, 0.2) is 71.8 Å². The van der Waals surface area contributed by atoms with E-state index in [1.54, 1.807) is 0 Å². The zero-order chi connectivity index (χ0) is 21.3. The molecule has 0 radical (unpaired) electrons. The third-order valence-corrected chi connectivity index (χ3v) is 6.78. The fourth-order valence-electron chi connectivity index (χ4n) is 3.27. The molecule has 0 aliphatic heterocycles. The first-order valence-corrected chi connectivity index (χ1v) is 11.0. The molecule has 1 saturated carbocycles. The molecule has 4 rings (SSSR count). The van der Waals surface area contributed by atoms with E-state index in [0.29, 0.717) is 12.8 Å². The number of hydrogen-bond donors (Lipinski definition) is 2. The Morgan fingerprint density at radius 2 is 1.70 bits per heavy atom. The summed E-state index contributed by atoms with van der Waals surface area (Å²) in [4.78, 5) is 24.7. The predicted molar refractivity (Wildman–Crippen MR) is 113 cm³/mol. The maximum absolute atomic E-state index is 12.4. The minimum absolute atomic E-state index is 0.272. The second kappa shape index (κ2) is 7.79. The molecule has 30 heavy (non-hydrogen) atoms. The molecule has 0 bridgehead atoms. The van der Waals surface area contributed by atoms with Gasteiger partial charge in [-0.15, -0.1) is 0 Å². The first kappa shape index (κ1) is 19.9. The van der Waals surface area contributed by atoms with Crippen molar-refractivity contribution in [3.8, 4) is 16.9 Å². The third kappa shape index (κ3) is 4.13. The van der Waals surface area contributed by atoms with Gasteiger partial charge in [-0.1, -0.05) is 54.6 Å². The molecule has 7 nitrogen and oxygen atoms in total. The summed E-state index contributed by atoms with van der Waals surface area (Å²) in [6.07, 6.45) is 3.48. The van der Waals surface area contributed by atoms with Gasteiger partial charge in [0, 0.05) is 12.7 Å². The summed E-state index contributed by atoms with van der Waals surface area (Å²) in [6, 6.07) is 17.4. The quantitative estimate of drug-likeness (QED) is 0.633. The smallest absolute Gasteiger partial charge is 0.270 e. The maximum Gasteiger partial charge on any atom is 0.270 e. The molecule has 8 heteroatoms. The molecule has 1 fully saturated rings. The van der Waals surface area contributed by atoms with E-state index in [2.05, 4.69) is 0 Å². The van der Waals surface area contributed by atoms with Crippen LogP contribution in [0.25, 0.3) is 11.1 Å². The van der Waals surface area contributed by atoms with Crippen molar-refractivity contribution in [2.75, 3.05) is 0 Å². The molecule has 3 aromatic rings. The Morgan fingerprint density at radius 1 is 1.03 bits per heavy atom. The second-order valence-electron chi connectivity index (χ2n) is 7.26. The molecule has 0 saturated heterocycles. The molecule has 1 aliphatic carbocycles. The number of nitrogens with one attached hydrogen (secondary N) is 1. The minimum Gasteiger partial charge on any atom is -0.503 e. The van der Waals surface area contributed by atoms with Gasteiger partial charge in [-0.2, -0.15) is 0 Å². The molecule has 1 aromatic heterocycles. The van der Waals surface area contributed by atoms with Gasteiger partial charge in [0.05, 0.1) is 11.4 Å². The number of amides is 1. The molecule has 0 unspecified atom stereocenters. The van der Waals surface area contributed by atoms with Crippen LogP contribution in [0.1, 0.15) is 28.8 Å². The van der Waals surface area contributed by atoms with Crippen LogP contribution < -0.4 is 10.2 Å². The monoisotopic (exact) mass is 424 g/mol. The number of pyridine rings is 1. The van der Waals surface area contributed by atoms with Crippen molar-refractivity contribution in [3.05, 3.63) is 88.3 Å². The van der Waals surface area contributed by atoms with E-state index in [1.807, 2.05) is 59.3 Å². The lowest BCUT2D eigenvalue weighted by atomic mass is 9.99. The maximum atomic E-state index is 12.4. The van der Waals surface area contributed by atoms with Gasteiger partial charge in [-0.3, -0.25) is 9.59 Å². The van der Waals surface area contributed by atoms with Gasteiger partial charge >= 0.3 is 0 Å². The predicted octanol–water partition coefficient (Wildman–Crippen LogP) is 2.49. The lowest BCUT2D eigenvalue weighted by molar-refractivity contribution is 0.0979. The van der Waals surface area contributed by atoms with Gasteiger partial charge in [0.25, 0.3) is 5.91 Å². The Labute approximate surface area is 173 Å². The highest BCUT2D eigenvalue weighted by Crippen LogP contribution is 2.27. The summed E-state index contributed by atoms with van der Waals surface area (Å²) in [5.74, 6) is -1.66. The largest absolute Gasteiger partial charge is 0.503 e. The zero-order valence-electron chi connectivity index (χ0n) is 16.0. The van der Waals surface area contributed by atoms with Crippen LogP contribution in [-0.4, -0.2) is 29.2 Å². The van der Waals surface area contributed by atoms with E-state index in [9.17, 15) is 23.1 Å². The van der Waals surface area contributed by atoms with Crippen molar-refractivity contribution < 1.29 is 18.3 Å². The van der Waals surface area contributed by atoms with Crippen LogP contribution in [0.3, 0.4) is 0 Å². The Balaban J connectivity index is 1.67. The van der Waals surface area contributed by atoms with E-state index < -0.39 is 37.9 Å². The van der Waals surface area contributed by atoms with Crippen molar-refractivity contribution in [2.45, 2.75) is 24.6 Å². The highest BCUT2D eigenvalue weighted by Gasteiger charge is 2.37. The number of carbonyl (C=O) groups excluding carboxylic acids is 1. The van der Waals surface area contributed by atoms with E-state index in [4.69, 9.17) is 0 Å². The molecule has 0 spiro atoms. The zero-order valence-corrected chi connectivity index (χ0v) is 16.8. The van der Waals surface area contributed by atoms with Crippen molar-refractivity contribution in [3.63, 3.8) is 0 Å². The van der Waals surface area contributed by atoms with Crippen molar-refractivity contribution in [2.24, 2.45) is 0 Å². The van der Waals surface area contributed by atoms with Gasteiger partial charge in [0.1, 0.15) is 5.56 Å². The van der Waals surface area contributed by atoms with Crippen LogP contribution in [0.4, 0.5) is 0 Å². The fourth-order valence-corrected chi connectivity index (χ4v) is 4.56. The second-order valence-corrected chi connectivity index (χ2v) is 9.22. The van der Waals surface area contributed by atoms with E-state index in [1.165, 1.54) is 17.0 Å². The Kier molecular flexibility index (Phi) is 5.17. The topological polar surface area (TPSA) is 105 Å². The lowest BCUT2D eigenvalue weighted by Gasteiger charge is -2.14. The molecule has 2 aromatic carbocycles. The molecule has 154 valence electrons. The van der Waals surface area contributed by atoms with Crippen molar-refractivity contribution in [1.29, 1.82) is 0 Å². The summed E-state index contributed by atoms with van der Waals surface area (Å²) in [5.41, 5.74) is 1.55. The van der Waals surface area contributed by atoms with Crippen LogP contribution in [0, 0.1) is 0 Å². The molecule has 1 heterocycles. The lowest BCUT2D eigenvalue weighted by Crippen LogP contribution is -2.36. The number of aromatic nitrogens is 1.